The topological polar surface area (TPSA) is 47.0 Å². The van der Waals surface area contributed by atoms with Gasteiger partial charge in [-0.2, -0.15) is 0 Å². The molecule has 2 rings (SSSR count). The first-order chi connectivity index (χ1) is 6.45. The summed E-state index contributed by atoms with van der Waals surface area (Å²) in [5.41, 5.74) is 0. The Morgan fingerprint density at radius 3 is 2.33 bits per heavy atom. The summed E-state index contributed by atoms with van der Waals surface area (Å²) >= 11 is 0. The molecule has 15 heavy (non-hydrogen) atoms. The average Bonchev–Trinajstić information content (AvgIpc) is 2.21. The first-order valence-corrected chi connectivity index (χ1v) is 4.57. The summed E-state index contributed by atoms with van der Waals surface area (Å²) in [6, 6.07) is 0. The molecule has 1 aliphatic heterocycles. The molecule has 1 fully saturated rings. The van der Waals surface area contributed by atoms with Crippen LogP contribution >= 0.6 is 24.8 Å². The molecule has 0 unspecified atom stereocenters. The zero-order valence-electron chi connectivity index (χ0n) is 8.26. The lowest BCUT2D eigenvalue weighted by Crippen LogP contribution is -2.34. The van der Waals surface area contributed by atoms with Crippen LogP contribution in [0.1, 0.15) is 12.8 Å². The van der Waals surface area contributed by atoms with E-state index in [0.29, 0.717) is 6.10 Å². The Hall–Kier alpha value is -0.580. The number of hydrogen-bond donors (Lipinski definition) is 1. The Morgan fingerprint density at radius 1 is 1.13 bits per heavy atom. The summed E-state index contributed by atoms with van der Waals surface area (Å²) < 4.78 is 5.69. The van der Waals surface area contributed by atoms with Crippen molar-refractivity contribution in [3.05, 3.63) is 18.7 Å². The van der Waals surface area contributed by atoms with Gasteiger partial charge in [-0.05, 0) is 25.9 Å². The zero-order valence-corrected chi connectivity index (χ0v) is 9.89. The van der Waals surface area contributed by atoms with E-state index in [-0.39, 0.29) is 24.8 Å². The highest BCUT2D eigenvalue weighted by atomic mass is 35.5. The van der Waals surface area contributed by atoms with E-state index in [9.17, 15) is 0 Å². The van der Waals surface area contributed by atoms with Gasteiger partial charge in [-0.1, -0.05) is 0 Å². The van der Waals surface area contributed by atoms with Crippen molar-refractivity contribution in [2.75, 3.05) is 13.1 Å². The second-order valence-electron chi connectivity index (χ2n) is 3.14. The molecule has 0 bridgehead atoms. The number of nitrogens with one attached hydrogen (secondary N) is 1. The van der Waals surface area contributed by atoms with Crippen LogP contribution in [0.2, 0.25) is 0 Å². The number of piperidine rings is 1. The van der Waals surface area contributed by atoms with Gasteiger partial charge in [0.1, 0.15) is 12.4 Å². The minimum atomic E-state index is 0. The van der Waals surface area contributed by atoms with Crippen LogP contribution < -0.4 is 10.1 Å². The number of halogens is 2. The van der Waals surface area contributed by atoms with E-state index in [2.05, 4.69) is 15.3 Å². The first kappa shape index (κ1) is 14.4. The van der Waals surface area contributed by atoms with Gasteiger partial charge in [-0.3, -0.25) is 0 Å². The molecular formula is C9H15Cl2N3O. The predicted molar refractivity (Wildman–Crippen MR) is 63.0 cm³/mol. The lowest BCUT2D eigenvalue weighted by Gasteiger charge is -2.23. The smallest absolute Gasteiger partial charge is 0.156 e. The SMILES string of the molecule is Cl.Cl.c1ncc(OC2CCNCC2)cn1. The van der Waals surface area contributed by atoms with Crippen molar-refractivity contribution in [3.63, 3.8) is 0 Å². The third-order valence-electron chi connectivity index (χ3n) is 2.13. The summed E-state index contributed by atoms with van der Waals surface area (Å²) in [5, 5.41) is 3.29. The molecule has 1 N–H and O–H groups in total. The minimum Gasteiger partial charge on any atom is -0.487 e. The van der Waals surface area contributed by atoms with Crippen molar-refractivity contribution in [1.82, 2.24) is 15.3 Å². The van der Waals surface area contributed by atoms with Crippen molar-refractivity contribution in [2.45, 2.75) is 18.9 Å². The maximum absolute atomic E-state index is 5.69. The Bertz CT molecular complexity index is 255. The lowest BCUT2D eigenvalue weighted by molar-refractivity contribution is 0.161. The standard InChI is InChI=1S/C9H13N3O.2ClH/c1-3-10-4-2-8(1)13-9-5-11-7-12-6-9;;/h5-8,10H,1-4H2;2*1H. The molecule has 0 amide bonds. The quantitative estimate of drug-likeness (QED) is 0.865. The average molecular weight is 252 g/mol. The van der Waals surface area contributed by atoms with E-state index < -0.39 is 0 Å². The van der Waals surface area contributed by atoms with Crippen molar-refractivity contribution in [3.8, 4) is 5.75 Å². The van der Waals surface area contributed by atoms with E-state index >= 15 is 0 Å². The van der Waals surface area contributed by atoms with Crippen LogP contribution in [0.25, 0.3) is 0 Å². The third-order valence-corrected chi connectivity index (χ3v) is 2.13. The molecule has 0 aliphatic carbocycles. The van der Waals surface area contributed by atoms with Gasteiger partial charge in [0.15, 0.2) is 5.75 Å². The Morgan fingerprint density at radius 2 is 1.73 bits per heavy atom. The molecule has 1 aromatic rings. The Labute approximate surface area is 102 Å². The molecule has 0 atom stereocenters. The van der Waals surface area contributed by atoms with Crippen LogP contribution in [-0.2, 0) is 0 Å². The normalized spacial score (nSPS) is 16.0. The second kappa shape index (κ2) is 7.68. The second-order valence-corrected chi connectivity index (χ2v) is 3.14. The van der Waals surface area contributed by atoms with Crippen LogP contribution in [0.3, 0.4) is 0 Å². The lowest BCUT2D eigenvalue weighted by atomic mass is 10.1. The summed E-state index contributed by atoms with van der Waals surface area (Å²) in [6.07, 6.45) is 7.37. The Kier molecular flexibility index (Phi) is 7.38. The van der Waals surface area contributed by atoms with Crippen LogP contribution in [0.4, 0.5) is 0 Å². The predicted octanol–water partition coefficient (Wildman–Crippen LogP) is 1.45. The number of rotatable bonds is 2. The molecule has 1 aliphatic rings. The molecular weight excluding hydrogens is 237 g/mol. The van der Waals surface area contributed by atoms with Gasteiger partial charge in [0.25, 0.3) is 0 Å². The molecule has 0 radical (unpaired) electrons. The van der Waals surface area contributed by atoms with E-state index in [0.717, 1.165) is 31.7 Å². The van der Waals surface area contributed by atoms with E-state index in [1.807, 2.05) is 0 Å². The maximum atomic E-state index is 5.69. The van der Waals surface area contributed by atoms with Crippen LogP contribution in [-0.4, -0.2) is 29.2 Å². The molecule has 1 saturated heterocycles. The van der Waals surface area contributed by atoms with Gasteiger partial charge in [0.05, 0.1) is 12.4 Å². The van der Waals surface area contributed by atoms with Gasteiger partial charge in [0.2, 0.25) is 0 Å². The highest BCUT2D eigenvalue weighted by Crippen LogP contribution is 2.13. The Balaban J connectivity index is 0.000000980. The van der Waals surface area contributed by atoms with E-state index in [4.69, 9.17) is 4.74 Å². The van der Waals surface area contributed by atoms with Crippen molar-refractivity contribution < 1.29 is 4.74 Å². The summed E-state index contributed by atoms with van der Waals surface area (Å²) in [5.74, 6) is 0.773. The van der Waals surface area contributed by atoms with Gasteiger partial charge >= 0.3 is 0 Å². The fourth-order valence-corrected chi connectivity index (χ4v) is 1.45. The van der Waals surface area contributed by atoms with Crippen LogP contribution in [0, 0.1) is 0 Å². The third kappa shape index (κ3) is 4.64. The molecule has 2 heterocycles. The van der Waals surface area contributed by atoms with Crippen LogP contribution in [0.5, 0.6) is 5.75 Å². The van der Waals surface area contributed by atoms with Crippen molar-refractivity contribution in [2.24, 2.45) is 0 Å². The summed E-state index contributed by atoms with van der Waals surface area (Å²) in [6.45, 7) is 2.08. The first-order valence-electron chi connectivity index (χ1n) is 4.57. The van der Waals surface area contributed by atoms with Gasteiger partial charge in [-0.15, -0.1) is 24.8 Å². The van der Waals surface area contributed by atoms with Gasteiger partial charge < -0.3 is 10.1 Å². The van der Waals surface area contributed by atoms with Crippen LogP contribution in [0.15, 0.2) is 18.7 Å². The van der Waals surface area contributed by atoms with Crippen molar-refractivity contribution >= 4 is 24.8 Å². The van der Waals surface area contributed by atoms with E-state index in [1.54, 1.807) is 12.4 Å². The fraction of sp³-hybridized carbons (Fsp3) is 0.556. The molecule has 1 aromatic heterocycles. The van der Waals surface area contributed by atoms with Gasteiger partial charge in [-0.25, -0.2) is 9.97 Å². The number of ether oxygens (including phenoxy) is 1. The number of nitrogens with zero attached hydrogens (tertiary/aromatic N) is 2. The highest BCUT2D eigenvalue weighted by Gasteiger charge is 2.14. The zero-order chi connectivity index (χ0) is 8.93. The molecule has 4 nitrogen and oxygen atoms in total. The number of hydrogen-bond acceptors (Lipinski definition) is 4. The molecule has 86 valence electrons. The van der Waals surface area contributed by atoms with Crippen molar-refractivity contribution in [1.29, 1.82) is 0 Å². The summed E-state index contributed by atoms with van der Waals surface area (Å²) in [4.78, 5) is 7.80. The largest absolute Gasteiger partial charge is 0.487 e. The fourth-order valence-electron chi connectivity index (χ4n) is 1.45. The van der Waals surface area contributed by atoms with Gasteiger partial charge in [0, 0.05) is 0 Å². The monoisotopic (exact) mass is 251 g/mol. The highest BCUT2D eigenvalue weighted by molar-refractivity contribution is 5.85. The molecule has 0 saturated carbocycles. The molecule has 6 heteroatoms. The number of aromatic nitrogens is 2. The summed E-state index contributed by atoms with van der Waals surface area (Å²) in [7, 11) is 0. The molecule has 0 spiro atoms. The molecule has 0 aromatic carbocycles. The van der Waals surface area contributed by atoms with E-state index in [1.165, 1.54) is 6.33 Å². The maximum Gasteiger partial charge on any atom is 0.156 e. The minimum absolute atomic E-state index is 0.